The molecular weight excluding hydrogens is 290 g/mol. The molecule has 0 unspecified atom stereocenters. The third-order valence-electron chi connectivity index (χ3n) is 4.94. The number of likely N-dealkylation sites (tertiary alicyclic amines) is 2. The Hall–Kier alpha value is -1.88. The van der Waals surface area contributed by atoms with Gasteiger partial charge in [-0.3, -0.25) is 9.59 Å². The van der Waals surface area contributed by atoms with Crippen LogP contribution in [0.5, 0.6) is 0 Å². The minimum absolute atomic E-state index is 0.0223. The summed E-state index contributed by atoms with van der Waals surface area (Å²) < 4.78 is 0. The van der Waals surface area contributed by atoms with E-state index in [0.29, 0.717) is 26.1 Å². The zero-order valence-electron chi connectivity index (χ0n) is 13.5. The lowest BCUT2D eigenvalue weighted by atomic mass is 9.95. The standard InChI is InChI=1S/C18H25N3O2/c19-16-12-21(11-15(16)14-7-3-1-4-8-14)18(23)13-20-10-6-2-5-9-17(20)22/h1,3-4,7-8,15-16H,2,5-6,9-13,19H2/t15-,16+/m0/s1. The summed E-state index contributed by atoms with van der Waals surface area (Å²) in [6.07, 6.45) is 3.57. The van der Waals surface area contributed by atoms with Gasteiger partial charge in [0.2, 0.25) is 11.8 Å². The largest absolute Gasteiger partial charge is 0.339 e. The van der Waals surface area contributed by atoms with Gasteiger partial charge in [0.05, 0.1) is 6.54 Å². The number of amides is 2. The fourth-order valence-corrected chi connectivity index (χ4v) is 3.55. The molecule has 3 rings (SSSR count). The summed E-state index contributed by atoms with van der Waals surface area (Å²) >= 11 is 0. The van der Waals surface area contributed by atoms with Crippen molar-refractivity contribution < 1.29 is 9.59 Å². The van der Waals surface area contributed by atoms with Crippen molar-refractivity contribution in [3.8, 4) is 0 Å². The van der Waals surface area contributed by atoms with Crippen molar-refractivity contribution in [1.82, 2.24) is 9.80 Å². The van der Waals surface area contributed by atoms with Crippen molar-refractivity contribution in [1.29, 1.82) is 0 Å². The monoisotopic (exact) mass is 315 g/mol. The first kappa shape index (κ1) is 16.0. The van der Waals surface area contributed by atoms with E-state index in [2.05, 4.69) is 12.1 Å². The summed E-state index contributed by atoms with van der Waals surface area (Å²) in [5.74, 6) is 0.313. The topological polar surface area (TPSA) is 66.6 Å². The van der Waals surface area contributed by atoms with Gasteiger partial charge in [-0.1, -0.05) is 36.8 Å². The van der Waals surface area contributed by atoms with Crippen molar-refractivity contribution in [3.63, 3.8) is 0 Å². The molecular formula is C18H25N3O2. The SMILES string of the molecule is N[C@@H]1CN(C(=O)CN2CCCCCC2=O)C[C@H]1c1ccccc1. The van der Waals surface area contributed by atoms with Gasteiger partial charge in [-0.2, -0.15) is 0 Å². The average Bonchev–Trinajstić information content (AvgIpc) is 2.84. The molecule has 23 heavy (non-hydrogen) atoms. The maximum atomic E-state index is 12.6. The van der Waals surface area contributed by atoms with Crippen LogP contribution in [0, 0.1) is 0 Å². The fourth-order valence-electron chi connectivity index (χ4n) is 3.55. The van der Waals surface area contributed by atoms with Crippen LogP contribution in [0.2, 0.25) is 0 Å². The van der Waals surface area contributed by atoms with Gasteiger partial charge in [-0.05, 0) is 18.4 Å². The van der Waals surface area contributed by atoms with Crippen LogP contribution < -0.4 is 5.73 Å². The summed E-state index contributed by atoms with van der Waals surface area (Å²) in [6.45, 7) is 2.12. The van der Waals surface area contributed by atoms with Crippen molar-refractivity contribution in [2.75, 3.05) is 26.2 Å². The number of nitrogens with zero attached hydrogens (tertiary/aromatic N) is 2. The Bertz CT molecular complexity index is 561. The second-order valence-corrected chi connectivity index (χ2v) is 6.61. The summed E-state index contributed by atoms with van der Waals surface area (Å²) in [5, 5.41) is 0. The zero-order valence-corrected chi connectivity index (χ0v) is 13.5. The minimum Gasteiger partial charge on any atom is -0.339 e. The van der Waals surface area contributed by atoms with Gasteiger partial charge in [-0.15, -0.1) is 0 Å². The molecule has 0 aliphatic carbocycles. The zero-order chi connectivity index (χ0) is 16.2. The van der Waals surface area contributed by atoms with E-state index < -0.39 is 0 Å². The highest BCUT2D eigenvalue weighted by atomic mass is 16.2. The van der Waals surface area contributed by atoms with Crippen LogP contribution in [-0.2, 0) is 9.59 Å². The molecule has 2 saturated heterocycles. The second-order valence-electron chi connectivity index (χ2n) is 6.61. The van der Waals surface area contributed by atoms with Crippen LogP contribution >= 0.6 is 0 Å². The van der Waals surface area contributed by atoms with Crippen molar-refractivity contribution in [2.24, 2.45) is 5.73 Å². The molecule has 0 aromatic heterocycles. The van der Waals surface area contributed by atoms with Crippen LogP contribution in [0.4, 0.5) is 0 Å². The molecule has 0 radical (unpaired) electrons. The summed E-state index contributed by atoms with van der Waals surface area (Å²) in [5.41, 5.74) is 7.43. The molecule has 124 valence electrons. The van der Waals surface area contributed by atoms with Gasteiger partial charge in [0.1, 0.15) is 0 Å². The lowest BCUT2D eigenvalue weighted by molar-refractivity contribution is -0.139. The Morgan fingerprint density at radius 3 is 2.70 bits per heavy atom. The molecule has 0 saturated carbocycles. The Labute approximate surface area is 137 Å². The quantitative estimate of drug-likeness (QED) is 0.915. The number of benzene rings is 1. The van der Waals surface area contributed by atoms with Crippen molar-refractivity contribution >= 4 is 11.8 Å². The molecule has 0 bridgehead atoms. The van der Waals surface area contributed by atoms with Gasteiger partial charge >= 0.3 is 0 Å². The Kier molecular flexibility index (Phi) is 4.96. The van der Waals surface area contributed by atoms with E-state index in [1.54, 1.807) is 4.90 Å². The van der Waals surface area contributed by atoms with Crippen LogP contribution in [-0.4, -0.2) is 53.8 Å². The molecule has 1 aromatic rings. The Morgan fingerprint density at radius 2 is 1.91 bits per heavy atom. The lowest BCUT2D eigenvalue weighted by Crippen LogP contribution is -2.42. The third-order valence-corrected chi connectivity index (χ3v) is 4.94. The molecule has 5 nitrogen and oxygen atoms in total. The van der Waals surface area contributed by atoms with Crippen LogP contribution in [0.25, 0.3) is 0 Å². The molecule has 2 heterocycles. The maximum absolute atomic E-state index is 12.6. The van der Waals surface area contributed by atoms with E-state index in [4.69, 9.17) is 5.73 Å². The number of carbonyl (C=O) groups is 2. The predicted molar refractivity (Wildman–Crippen MR) is 88.8 cm³/mol. The first-order chi connectivity index (χ1) is 11.1. The Balaban J connectivity index is 1.61. The number of hydrogen-bond acceptors (Lipinski definition) is 3. The number of hydrogen-bond donors (Lipinski definition) is 1. The summed E-state index contributed by atoms with van der Waals surface area (Å²) in [4.78, 5) is 28.2. The highest BCUT2D eigenvalue weighted by molar-refractivity contribution is 5.85. The van der Waals surface area contributed by atoms with Gasteiger partial charge in [0, 0.05) is 38.0 Å². The van der Waals surface area contributed by atoms with E-state index in [-0.39, 0.29) is 30.3 Å². The van der Waals surface area contributed by atoms with Crippen LogP contribution in [0.15, 0.2) is 30.3 Å². The highest BCUT2D eigenvalue weighted by Gasteiger charge is 2.34. The fraction of sp³-hybridized carbons (Fsp3) is 0.556. The van der Waals surface area contributed by atoms with Gasteiger partial charge in [-0.25, -0.2) is 0 Å². The van der Waals surface area contributed by atoms with Gasteiger partial charge < -0.3 is 15.5 Å². The third kappa shape index (κ3) is 3.72. The first-order valence-corrected chi connectivity index (χ1v) is 8.51. The van der Waals surface area contributed by atoms with E-state index >= 15 is 0 Å². The molecule has 2 atom stereocenters. The highest BCUT2D eigenvalue weighted by Crippen LogP contribution is 2.26. The predicted octanol–water partition coefficient (Wildman–Crippen LogP) is 1.34. The number of rotatable bonds is 3. The maximum Gasteiger partial charge on any atom is 0.242 e. The molecule has 2 aliphatic rings. The van der Waals surface area contributed by atoms with E-state index in [9.17, 15) is 9.59 Å². The molecule has 5 heteroatoms. The minimum atomic E-state index is -0.0406. The average molecular weight is 315 g/mol. The first-order valence-electron chi connectivity index (χ1n) is 8.51. The van der Waals surface area contributed by atoms with E-state index in [1.165, 1.54) is 5.56 Å². The van der Waals surface area contributed by atoms with E-state index in [0.717, 1.165) is 19.3 Å². The number of nitrogens with two attached hydrogens (primary N) is 1. The smallest absolute Gasteiger partial charge is 0.242 e. The van der Waals surface area contributed by atoms with E-state index in [1.807, 2.05) is 23.1 Å². The summed E-state index contributed by atoms with van der Waals surface area (Å²) in [6, 6.07) is 10.1. The lowest BCUT2D eigenvalue weighted by Gasteiger charge is -2.24. The second kappa shape index (κ2) is 7.13. The molecule has 2 amide bonds. The van der Waals surface area contributed by atoms with Gasteiger partial charge in [0.15, 0.2) is 0 Å². The van der Waals surface area contributed by atoms with Crippen molar-refractivity contribution in [3.05, 3.63) is 35.9 Å². The Morgan fingerprint density at radius 1 is 1.13 bits per heavy atom. The molecule has 0 spiro atoms. The summed E-state index contributed by atoms with van der Waals surface area (Å²) in [7, 11) is 0. The normalized spacial score (nSPS) is 25.5. The molecule has 2 N–H and O–H groups in total. The molecule has 1 aromatic carbocycles. The molecule has 2 aliphatic heterocycles. The van der Waals surface area contributed by atoms with Crippen molar-refractivity contribution in [2.45, 2.75) is 37.6 Å². The van der Waals surface area contributed by atoms with Crippen LogP contribution in [0.3, 0.4) is 0 Å². The molecule has 2 fully saturated rings. The van der Waals surface area contributed by atoms with Crippen LogP contribution in [0.1, 0.15) is 37.2 Å². The number of carbonyl (C=O) groups excluding carboxylic acids is 2. The van der Waals surface area contributed by atoms with Gasteiger partial charge in [0.25, 0.3) is 0 Å².